The van der Waals surface area contributed by atoms with Crippen LogP contribution in [0.2, 0.25) is 0 Å². The number of pyridine rings is 3. The molecule has 12 aromatic rings. The average Bonchev–Trinajstić information content (AvgIpc) is 1.57. The van der Waals surface area contributed by atoms with E-state index in [0.717, 1.165) is 5.92 Å². The van der Waals surface area contributed by atoms with Gasteiger partial charge in [0.1, 0.15) is 21.1 Å². The van der Waals surface area contributed by atoms with Gasteiger partial charge in [-0.1, -0.05) is 223 Å². The van der Waals surface area contributed by atoms with Crippen LogP contribution in [-0.4, -0.2) is 0 Å². The third-order valence-electron chi connectivity index (χ3n) is 27.0. The molecule has 9 aromatic carbocycles. The number of benzene rings is 9. The zero-order valence-electron chi connectivity index (χ0n) is 65.3. The lowest BCUT2D eigenvalue weighted by Crippen LogP contribution is -2.31. The van der Waals surface area contributed by atoms with Crippen molar-refractivity contribution in [3.05, 3.63) is 302 Å². The molecule has 3 heterocycles. The number of aryl methyl sites for hydroxylation is 10. The first kappa shape index (κ1) is 69.5. The number of aromatic nitrogens is 3. The molecule has 532 valence electrons. The van der Waals surface area contributed by atoms with Crippen molar-refractivity contribution in [2.24, 2.45) is 21.1 Å². The van der Waals surface area contributed by atoms with Crippen LogP contribution in [0, 0.1) is 48.5 Å². The molecule has 4 fully saturated rings. The molecule has 0 saturated heterocycles. The maximum atomic E-state index is 2.65. The molecular formula is C103H108N3+3. The van der Waals surface area contributed by atoms with Gasteiger partial charge in [0.15, 0.2) is 18.6 Å². The number of hydrogen-bond donors (Lipinski definition) is 0. The Balaban J connectivity index is 0.000000117. The van der Waals surface area contributed by atoms with E-state index in [-0.39, 0.29) is 16.2 Å². The van der Waals surface area contributed by atoms with E-state index in [9.17, 15) is 0 Å². The minimum atomic E-state index is 0.192. The van der Waals surface area contributed by atoms with Gasteiger partial charge < -0.3 is 0 Å². The number of fused-ring (bicyclic) bond motifs is 15. The van der Waals surface area contributed by atoms with Gasteiger partial charge in [0.2, 0.25) is 17.1 Å². The molecule has 3 spiro atoms. The molecule has 0 atom stereocenters. The highest BCUT2D eigenvalue weighted by Gasteiger charge is 2.48. The molecule has 106 heavy (non-hydrogen) atoms. The van der Waals surface area contributed by atoms with Gasteiger partial charge in [0.05, 0.1) is 0 Å². The summed E-state index contributed by atoms with van der Waals surface area (Å²) in [6, 6.07) is 77.3. The molecule has 3 aromatic heterocycles. The van der Waals surface area contributed by atoms with E-state index >= 15 is 0 Å². The standard InChI is InChI=1S/C37H40N.C34H36N.C32H32N/c1-25-11-7-8-14-30(25)36-23-33(26(2)24-38(36)3)29-16-18-32-31-17-15-28(27-12-5-4-6-13-27)21-34(31)37(35(32)22-29)19-9-10-20-37;1-22(2)25-12-14-28-29-15-13-26(19-32(29)34(31(28)18-25)16-8-9-17-34)30-20-33(35(5)21-24(30)4)27-11-7-6-10-23(27)3;1-21-11-13-26-27-14-12-24(18-30(27)32(29(26)17-21)15-7-8-16-32)28-19-31(33(4)20-23(28)3)25-10-6-5-9-22(25)2/h7-8,11,14-18,21-24,27H,4-6,9-10,12-13,19-20H2,1-3H3;6-7,10-15,18-22H,8-9,16-17H2,1-5H3;5-6,9-14,17-20H,7-8,15-16H2,1-4H3/q3*+1. The summed E-state index contributed by atoms with van der Waals surface area (Å²) < 4.78 is 6.83. The Morgan fingerprint density at radius 2 is 0.604 bits per heavy atom. The molecule has 19 rings (SSSR count). The van der Waals surface area contributed by atoms with Crippen molar-refractivity contribution >= 4 is 0 Å². The van der Waals surface area contributed by atoms with Crippen molar-refractivity contribution in [3.63, 3.8) is 0 Å². The van der Waals surface area contributed by atoms with Gasteiger partial charge in [-0.05, 0) is 276 Å². The highest BCUT2D eigenvalue weighted by atomic mass is 14.9. The van der Waals surface area contributed by atoms with E-state index in [1.54, 1.807) is 38.9 Å². The second kappa shape index (κ2) is 27.7. The van der Waals surface area contributed by atoms with Gasteiger partial charge in [-0.25, -0.2) is 13.7 Å². The quantitative estimate of drug-likeness (QED) is 0.134. The van der Waals surface area contributed by atoms with Crippen LogP contribution < -0.4 is 13.7 Å². The SMILES string of the molecule is Cc1c[n+](C)c(-c2ccccc2C)cc1-c1ccc2c(c1)C1(CCCC1)c1cc(C(C)C)ccc1-2.Cc1c[n+](C)c(-c2ccccc2C)cc1-c1ccc2c(c1)C1(CCCC1)c1cc(C3CCCCC3)ccc1-2.Cc1ccc2c(c1)C1(CCCC1)c1cc(-c3cc(-c4ccccc4C)[n+](C)cc3C)ccc1-2. The molecule has 0 amide bonds. The van der Waals surface area contributed by atoms with Crippen LogP contribution in [0.4, 0.5) is 0 Å². The second-order valence-electron chi connectivity index (χ2n) is 33.8. The molecule has 0 radical (unpaired) electrons. The lowest BCUT2D eigenvalue weighted by Gasteiger charge is -2.29. The largest absolute Gasteiger partial charge is 0.213 e. The van der Waals surface area contributed by atoms with Gasteiger partial charge in [0, 0.05) is 67.8 Å². The second-order valence-corrected chi connectivity index (χ2v) is 33.8. The van der Waals surface area contributed by atoms with E-state index < -0.39 is 0 Å². The Bertz CT molecular complexity index is 5450. The third kappa shape index (κ3) is 11.8. The van der Waals surface area contributed by atoms with Crippen LogP contribution in [0.1, 0.15) is 218 Å². The van der Waals surface area contributed by atoms with Crippen molar-refractivity contribution in [1.82, 2.24) is 0 Å². The molecular weight excluding hydrogens is 1280 g/mol. The summed E-state index contributed by atoms with van der Waals surface area (Å²) in [5, 5.41) is 0. The lowest BCUT2D eigenvalue weighted by molar-refractivity contribution is -0.660. The summed E-state index contributed by atoms with van der Waals surface area (Å²) in [6.07, 6.45) is 29.5. The molecule has 3 nitrogen and oxygen atoms in total. The summed E-state index contributed by atoms with van der Waals surface area (Å²) in [5.41, 5.74) is 47.2. The van der Waals surface area contributed by atoms with E-state index in [0.29, 0.717) is 5.92 Å². The summed E-state index contributed by atoms with van der Waals surface area (Å²) in [7, 11) is 6.50. The minimum absolute atomic E-state index is 0.192. The predicted octanol–water partition coefficient (Wildman–Crippen LogP) is 25.4. The van der Waals surface area contributed by atoms with Gasteiger partial charge in [-0.3, -0.25) is 0 Å². The Morgan fingerprint density at radius 1 is 0.283 bits per heavy atom. The smallest absolute Gasteiger partial charge is 0.201 e. The summed E-state index contributed by atoms with van der Waals surface area (Å²) in [4.78, 5) is 0. The number of rotatable bonds is 8. The van der Waals surface area contributed by atoms with E-state index in [4.69, 9.17) is 0 Å². The fraction of sp³-hybridized carbons (Fsp3) is 0.330. The summed E-state index contributed by atoms with van der Waals surface area (Å²) in [5.74, 6) is 1.32. The van der Waals surface area contributed by atoms with Crippen LogP contribution >= 0.6 is 0 Å². The van der Waals surface area contributed by atoms with Crippen LogP contribution in [0.25, 0.3) is 101 Å². The van der Waals surface area contributed by atoms with Gasteiger partial charge in [0.25, 0.3) is 0 Å². The molecule has 4 saturated carbocycles. The Hall–Kier alpha value is -9.57. The molecule has 7 aliphatic rings. The lowest BCUT2D eigenvalue weighted by atomic mass is 9.74. The van der Waals surface area contributed by atoms with Crippen LogP contribution in [-0.2, 0) is 37.4 Å². The molecule has 0 bridgehead atoms. The highest BCUT2D eigenvalue weighted by Crippen LogP contribution is 2.61. The van der Waals surface area contributed by atoms with Crippen molar-refractivity contribution in [3.8, 4) is 101 Å². The Labute approximate surface area is 633 Å². The Kier molecular flexibility index (Phi) is 18.1. The van der Waals surface area contributed by atoms with Crippen molar-refractivity contribution in [2.75, 3.05) is 0 Å². The Morgan fingerprint density at radius 3 is 0.972 bits per heavy atom. The maximum Gasteiger partial charge on any atom is 0.213 e. The zero-order valence-corrected chi connectivity index (χ0v) is 65.3. The topological polar surface area (TPSA) is 11.6 Å². The first-order valence-electron chi connectivity index (χ1n) is 40.5. The first-order valence-corrected chi connectivity index (χ1v) is 40.5. The number of hydrogen-bond acceptors (Lipinski definition) is 0. The molecule has 3 heteroatoms. The normalized spacial score (nSPS) is 16.5. The fourth-order valence-corrected chi connectivity index (χ4v) is 21.4. The van der Waals surface area contributed by atoms with Crippen molar-refractivity contribution < 1.29 is 13.7 Å². The third-order valence-corrected chi connectivity index (χ3v) is 27.0. The minimum Gasteiger partial charge on any atom is -0.201 e. The predicted molar refractivity (Wildman–Crippen MR) is 443 cm³/mol. The summed E-state index contributed by atoms with van der Waals surface area (Å²) in [6.45, 7) is 20.2. The van der Waals surface area contributed by atoms with Crippen molar-refractivity contribution in [1.29, 1.82) is 0 Å². The van der Waals surface area contributed by atoms with E-state index in [2.05, 4.69) is 316 Å². The zero-order chi connectivity index (χ0) is 72.9. The molecule has 7 aliphatic carbocycles. The van der Waals surface area contributed by atoms with Crippen LogP contribution in [0.15, 0.2) is 219 Å². The highest BCUT2D eigenvalue weighted by molar-refractivity contribution is 5.89. The summed E-state index contributed by atoms with van der Waals surface area (Å²) >= 11 is 0. The fourth-order valence-electron chi connectivity index (χ4n) is 21.4. The van der Waals surface area contributed by atoms with E-state index in [1.165, 1.54) is 254 Å². The van der Waals surface area contributed by atoms with Crippen molar-refractivity contribution in [2.45, 2.75) is 200 Å². The van der Waals surface area contributed by atoms with E-state index in [1.807, 2.05) is 0 Å². The molecule has 0 aliphatic heterocycles. The van der Waals surface area contributed by atoms with Gasteiger partial charge >= 0.3 is 0 Å². The van der Waals surface area contributed by atoms with Gasteiger partial charge in [-0.2, -0.15) is 0 Å². The average molecular weight is 1390 g/mol. The first-order chi connectivity index (χ1) is 51.4. The van der Waals surface area contributed by atoms with Gasteiger partial charge in [-0.15, -0.1) is 0 Å². The monoisotopic (exact) mass is 1390 g/mol. The molecule has 0 N–H and O–H groups in total. The van der Waals surface area contributed by atoms with Crippen LogP contribution in [0.3, 0.4) is 0 Å². The maximum absolute atomic E-state index is 2.65. The number of nitrogens with zero attached hydrogens (tertiary/aromatic N) is 3. The van der Waals surface area contributed by atoms with Crippen LogP contribution in [0.5, 0.6) is 0 Å². The molecule has 0 unspecified atom stereocenters.